The maximum Gasteiger partial charge on any atom is 0.338 e. The van der Waals surface area contributed by atoms with Crippen LogP contribution >= 0.6 is 15.9 Å². The molecule has 1 N–H and O–H groups in total. The number of aliphatic carboxylic acids is 1. The number of rotatable bonds is 5. The van der Waals surface area contributed by atoms with Gasteiger partial charge in [0, 0.05) is 0 Å². The summed E-state index contributed by atoms with van der Waals surface area (Å²) in [6, 6.07) is 7.04. The summed E-state index contributed by atoms with van der Waals surface area (Å²) in [5, 5.41) is 8.78. The molecule has 0 heterocycles. The van der Waals surface area contributed by atoms with Gasteiger partial charge in [-0.3, -0.25) is 4.79 Å². The molecular weight excluding hydrogens is 324 g/mol. The lowest BCUT2D eigenvalue weighted by molar-refractivity contribution is -0.136. The van der Waals surface area contributed by atoms with E-state index in [0.29, 0.717) is 18.4 Å². The van der Waals surface area contributed by atoms with E-state index in [4.69, 9.17) is 9.84 Å². The van der Waals surface area contributed by atoms with E-state index in [1.54, 1.807) is 12.1 Å². The summed E-state index contributed by atoms with van der Waals surface area (Å²) in [4.78, 5) is 22.0. The second-order valence-corrected chi connectivity index (χ2v) is 6.65. The maximum absolute atomic E-state index is 11.8. The van der Waals surface area contributed by atoms with Crippen LogP contribution in [-0.2, 0) is 16.0 Å². The topological polar surface area (TPSA) is 63.6 Å². The first-order valence-electron chi connectivity index (χ1n) is 6.38. The lowest BCUT2D eigenvalue weighted by Gasteiger charge is -2.19. The number of carboxylic acids is 1. The Balaban J connectivity index is 2.60. The summed E-state index contributed by atoms with van der Waals surface area (Å²) in [5.74, 6) is -1.22. The van der Waals surface area contributed by atoms with Crippen molar-refractivity contribution in [1.29, 1.82) is 0 Å². The minimum absolute atomic E-state index is 0.354. The molecule has 0 bridgehead atoms. The number of hydrogen-bond donors (Lipinski definition) is 1. The number of ether oxygens (including phenoxy) is 1. The quantitative estimate of drug-likeness (QED) is 0.657. The molecule has 1 aromatic rings. The van der Waals surface area contributed by atoms with Crippen LogP contribution in [0.15, 0.2) is 24.3 Å². The van der Waals surface area contributed by atoms with Crippen LogP contribution in [0.1, 0.15) is 43.1 Å². The zero-order valence-electron chi connectivity index (χ0n) is 11.9. The van der Waals surface area contributed by atoms with Gasteiger partial charge in [-0.05, 0) is 51.3 Å². The van der Waals surface area contributed by atoms with Crippen molar-refractivity contribution >= 4 is 27.9 Å². The lowest BCUT2D eigenvalue weighted by atomic mass is 10.1. The molecule has 0 aliphatic heterocycles. The predicted molar refractivity (Wildman–Crippen MR) is 80.3 cm³/mol. The Morgan fingerprint density at radius 2 is 1.80 bits per heavy atom. The number of benzene rings is 1. The van der Waals surface area contributed by atoms with E-state index in [0.717, 1.165) is 5.56 Å². The number of aryl methyl sites for hydroxylation is 1. The third-order valence-corrected chi connectivity index (χ3v) is 3.39. The van der Waals surface area contributed by atoms with Crippen LogP contribution in [0.4, 0.5) is 0 Å². The fraction of sp³-hybridized carbons (Fsp3) is 0.467. The van der Waals surface area contributed by atoms with E-state index < -0.39 is 16.4 Å². The fourth-order valence-electron chi connectivity index (χ4n) is 1.56. The molecule has 0 saturated heterocycles. The van der Waals surface area contributed by atoms with Gasteiger partial charge in [0.25, 0.3) is 0 Å². The molecular formula is C15H19BrO4. The van der Waals surface area contributed by atoms with Crippen LogP contribution in [-0.4, -0.2) is 27.5 Å². The van der Waals surface area contributed by atoms with Gasteiger partial charge in [-0.25, -0.2) is 4.79 Å². The molecule has 5 heteroatoms. The standard InChI is InChI=1S/C15H19BrO4/c1-15(2,3)20-14(19)11-7-4-10(5-8-11)6-9-12(16)13(17)18/h4-5,7-8,12H,6,9H2,1-3H3,(H,17,18). The van der Waals surface area contributed by atoms with Gasteiger partial charge in [0.05, 0.1) is 5.56 Å². The third-order valence-electron chi connectivity index (χ3n) is 2.54. The summed E-state index contributed by atoms with van der Waals surface area (Å²) < 4.78 is 5.27. The van der Waals surface area contributed by atoms with Gasteiger partial charge in [0.15, 0.2) is 0 Å². The number of hydrogen-bond acceptors (Lipinski definition) is 3. The summed E-state index contributed by atoms with van der Waals surface area (Å²) in [5.41, 5.74) is 0.973. The van der Waals surface area contributed by atoms with Crippen molar-refractivity contribution in [2.75, 3.05) is 0 Å². The molecule has 0 aliphatic carbocycles. The predicted octanol–water partition coefficient (Wildman–Crippen LogP) is 3.42. The number of carboxylic acid groups (broad SMARTS) is 1. The Hall–Kier alpha value is -1.36. The van der Waals surface area contributed by atoms with Gasteiger partial charge >= 0.3 is 11.9 Å². The normalized spacial score (nSPS) is 12.8. The molecule has 0 amide bonds. The zero-order valence-corrected chi connectivity index (χ0v) is 13.4. The van der Waals surface area contributed by atoms with Crippen LogP contribution in [0.5, 0.6) is 0 Å². The van der Waals surface area contributed by atoms with Crippen molar-refractivity contribution in [3.63, 3.8) is 0 Å². The summed E-state index contributed by atoms with van der Waals surface area (Å²) in [7, 11) is 0. The molecule has 0 radical (unpaired) electrons. The van der Waals surface area contributed by atoms with E-state index in [1.807, 2.05) is 32.9 Å². The van der Waals surface area contributed by atoms with Crippen LogP contribution in [0, 0.1) is 0 Å². The van der Waals surface area contributed by atoms with Crippen molar-refractivity contribution < 1.29 is 19.4 Å². The van der Waals surface area contributed by atoms with E-state index in [-0.39, 0.29) is 5.97 Å². The molecule has 0 fully saturated rings. The smallest absolute Gasteiger partial charge is 0.338 e. The maximum atomic E-state index is 11.8. The van der Waals surface area contributed by atoms with E-state index in [9.17, 15) is 9.59 Å². The minimum Gasteiger partial charge on any atom is -0.480 e. The first kappa shape index (κ1) is 16.7. The van der Waals surface area contributed by atoms with Gasteiger partial charge in [-0.2, -0.15) is 0 Å². The minimum atomic E-state index is -0.865. The molecule has 0 aliphatic rings. The number of alkyl halides is 1. The summed E-state index contributed by atoms with van der Waals surface area (Å²) in [6.07, 6.45) is 1.14. The first-order valence-corrected chi connectivity index (χ1v) is 7.30. The fourth-order valence-corrected chi connectivity index (χ4v) is 1.79. The number of carbonyl (C=O) groups excluding carboxylic acids is 1. The van der Waals surface area contributed by atoms with Gasteiger partial charge in [0.1, 0.15) is 10.4 Å². The monoisotopic (exact) mass is 342 g/mol. The van der Waals surface area contributed by atoms with E-state index in [1.165, 1.54) is 0 Å². The molecule has 1 unspecified atom stereocenters. The van der Waals surface area contributed by atoms with Crippen molar-refractivity contribution in [1.82, 2.24) is 0 Å². The second-order valence-electron chi connectivity index (χ2n) is 5.54. The molecule has 1 aromatic carbocycles. The van der Waals surface area contributed by atoms with Gasteiger partial charge in [-0.1, -0.05) is 28.1 Å². The van der Waals surface area contributed by atoms with Crippen molar-refractivity contribution in [3.05, 3.63) is 35.4 Å². The van der Waals surface area contributed by atoms with Crippen molar-refractivity contribution in [3.8, 4) is 0 Å². The second kappa shape index (κ2) is 6.88. The summed E-state index contributed by atoms with van der Waals surface area (Å²) >= 11 is 3.10. The molecule has 4 nitrogen and oxygen atoms in total. The first-order chi connectivity index (χ1) is 9.19. The van der Waals surface area contributed by atoms with E-state index in [2.05, 4.69) is 15.9 Å². The lowest BCUT2D eigenvalue weighted by Crippen LogP contribution is -2.23. The van der Waals surface area contributed by atoms with E-state index >= 15 is 0 Å². The van der Waals surface area contributed by atoms with Crippen LogP contribution < -0.4 is 0 Å². The van der Waals surface area contributed by atoms with Crippen LogP contribution in [0.2, 0.25) is 0 Å². The molecule has 0 aromatic heterocycles. The zero-order chi connectivity index (χ0) is 15.3. The Kier molecular flexibility index (Phi) is 5.74. The van der Waals surface area contributed by atoms with Crippen molar-refractivity contribution in [2.24, 2.45) is 0 Å². The molecule has 20 heavy (non-hydrogen) atoms. The Bertz CT molecular complexity index is 474. The number of carbonyl (C=O) groups is 2. The summed E-state index contributed by atoms with van der Waals surface area (Å²) in [6.45, 7) is 5.46. The largest absolute Gasteiger partial charge is 0.480 e. The average molecular weight is 343 g/mol. The Morgan fingerprint density at radius 1 is 1.25 bits per heavy atom. The highest BCUT2D eigenvalue weighted by Crippen LogP contribution is 2.15. The molecule has 1 atom stereocenters. The Labute approximate surface area is 127 Å². The molecule has 0 spiro atoms. The molecule has 110 valence electrons. The van der Waals surface area contributed by atoms with Gasteiger partial charge in [0.2, 0.25) is 0 Å². The highest BCUT2D eigenvalue weighted by molar-refractivity contribution is 9.10. The average Bonchev–Trinajstić information content (AvgIpc) is 2.34. The van der Waals surface area contributed by atoms with Gasteiger partial charge < -0.3 is 9.84 Å². The highest BCUT2D eigenvalue weighted by atomic mass is 79.9. The van der Waals surface area contributed by atoms with Crippen LogP contribution in [0.3, 0.4) is 0 Å². The highest BCUT2D eigenvalue weighted by Gasteiger charge is 2.18. The Morgan fingerprint density at radius 3 is 2.25 bits per heavy atom. The van der Waals surface area contributed by atoms with Gasteiger partial charge in [-0.15, -0.1) is 0 Å². The third kappa shape index (κ3) is 5.74. The molecule has 0 saturated carbocycles. The van der Waals surface area contributed by atoms with Crippen LogP contribution in [0.25, 0.3) is 0 Å². The molecule has 1 rings (SSSR count). The van der Waals surface area contributed by atoms with Crippen molar-refractivity contribution in [2.45, 2.75) is 44.0 Å². The SMILES string of the molecule is CC(C)(C)OC(=O)c1ccc(CCC(Br)C(=O)O)cc1. The number of esters is 1. The number of halogens is 1.